The fourth-order valence-electron chi connectivity index (χ4n) is 1.09. The van der Waals surface area contributed by atoms with Gasteiger partial charge in [0.1, 0.15) is 5.75 Å². The molecule has 15 heavy (non-hydrogen) atoms. The Kier molecular flexibility index (Phi) is 4.37. The van der Waals surface area contributed by atoms with E-state index in [4.69, 9.17) is 4.74 Å². The standard InChI is InChI=1S/C11H12BrNO2/c1-3-4-11(14)13-9-5-8(12)6-10(7-9)15-2/h3-7H,1-2H3,(H,13,14)/b4-3+. The normalized spacial score (nSPS) is 10.3. The number of rotatable bonds is 3. The first-order valence-corrected chi connectivity index (χ1v) is 5.23. The summed E-state index contributed by atoms with van der Waals surface area (Å²) >= 11 is 3.33. The van der Waals surface area contributed by atoms with Crippen molar-refractivity contribution in [2.45, 2.75) is 6.92 Å². The van der Waals surface area contributed by atoms with Crippen molar-refractivity contribution in [3.63, 3.8) is 0 Å². The summed E-state index contributed by atoms with van der Waals surface area (Å²) in [6, 6.07) is 5.39. The molecule has 0 saturated carbocycles. The van der Waals surface area contributed by atoms with Gasteiger partial charge in [0.15, 0.2) is 0 Å². The number of nitrogens with one attached hydrogen (secondary N) is 1. The molecule has 1 aromatic carbocycles. The van der Waals surface area contributed by atoms with Crippen LogP contribution in [0.15, 0.2) is 34.8 Å². The lowest BCUT2D eigenvalue weighted by Crippen LogP contribution is -2.07. The molecule has 0 heterocycles. The molecule has 0 aliphatic heterocycles. The molecule has 0 unspecified atom stereocenters. The number of benzene rings is 1. The van der Waals surface area contributed by atoms with Gasteiger partial charge >= 0.3 is 0 Å². The van der Waals surface area contributed by atoms with Crippen molar-refractivity contribution in [1.82, 2.24) is 0 Å². The van der Waals surface area contributed by atoms with Gasteiger partial charge in [0.05, 0.1) is 7.11 Å². The van der Waals surface area contributed by atoms with Gasteiger partial charge in [-0.1, -0.05) is 22.0 Å². The number of hydrogen-bond acceptors (Lipinski definition) is 2. The summed E-state index contributed by atoms with van der Waals surface area (Å²) in [5.41, 5.74) is 0.698. The lowest BCUT2D eigenvalue weighted by atomic mass is 10.3. The largest absolute Gasteiger partial charge is 0.497 e. The number of allylic oxidation sites excluding steroid dienone is 1. The van der Waals surface area contributed by atoms with Gasteiger partial charge < -0.3 is 10.1 Å². The molecule has 0 aliphatic rings. The van der Waals surface area contributed by atoms with E-state index < -0.39 is 0 Å². The predicted molar refractivity (Wildman–Crippen MR) is 64.1 cm³/mol. The molecule has 1 amide bonds. The highest BCUT2D eigenvalue weighted by Crippen LogP contribution is 2.24. The van der Waals surface area contributed by atoms with E-state index in [-0.39, 0.29) is 5.91 Å². The van der Waals surface area contributed by atoms with E-state index in [2.05, 4.69) is 21.2 Å². The van der Waals surface area contributed by atoms with Crippen LogP contribution in [-0.4, -0.2) is 13.0 Å². The van der Waals surface area contributed by atoms with Crippen LogP contribution < -0.4 is 10.1 Å². The molecule has 0 atom stereocenters. The lowest BCUT2D eigenvalue weighted by Gasteiger charge is -2.06. The molecule has 1 aromatic rings. The van der Waals surface area contributed by atoms with Crippen LogP contribution in [0.25, 0.3) is 0 Å². The van der Waals surface area contributed by atoms with Crippen molar-refractivity contribution in [2.75, 3.05) is 12.4 Å². The van der Waals surface area contributed by atoms with Gasteiger partial charge in [-0.25, -0.2) is 0 Å². The maximum Gasteiger partial charge on any atom is 0.248 e. The Morgan fingerprint density at radius 3 is 2.80 bits per heavy atom. The van der Waals surface area contributed by atoms with Crippen LogP contribution in [0.5, 0.6) is 5.75 Å². The summed E-state index contributed by atoms with van der Waals surface area (Å²) in [6.45, 7) is 1.79. The van der Waals surface area contributed by atoms with E-state index in [0.29, 0.717) is 11.4 Å². The second-order valence-corrected chi connectivity index (χ2v) is 3.78. The number of methoxy groups -OCH3 is 1. The van der Waals surface area contributed by atoms with Crippen LogP contribution in [-0.2, 0) is 4.79 Å². The Morgan fingerprint density at radius 2 is 2.20 bits per heavy atom. The van der Waals surface area contributed by atoms with Crippen LogP contribution in [0.2, 0.25) is 0 Å². The Hall–Kier alpha value is -1.29. The first-order chi connectivity index (χ1) is 7.15. The molecule has 1 rings (SSSR count). The van der Waals surface area contributed by atoms with Crippen molar-refractivity contribution >= 4 is 27.5 Å². The van der Waals surface area contributed by atoms with E-state index in [1.807, 2.05) is 12.1 Å². The van der Waals surface area contributed by atoms with Crippen molar-refractivity contribution in [3.8, 4) is 5.75 Å². The number of carbonyl (C=O) groups excluding carboxylic acids is 1. The van der Waals surface area contributed by atoms with Crippen LogP contribution >= 0.6 is 15.9 Å². The molecule has 3 nitrogen and oxygen atoms in total. The van der Waals surface area contributed by atoms with Crippen LogP contribution in [0.4, 0.5) is 5.69 Å². The van der Waals surface area contributed by atoms with Crippen LogP contribution in [0.3, 0.4) is 0 Å². The lowest BCUT2D eigenvalue weighted by molar-refractivity contribution is -0.111. The molecule has 0 spiro atoms. The Labute approximate surface area is 97.3 Å². The second kappa shape index (κ2) is 5.56. The highest BCUT2D eigenvalue weighted by molar-refractivity contribution is 9.10. The van der Waals surface area contributed by atoms with Crippen molar-refractivity contribution < 1.29 is 9.53 Å². The fourth-order valence-corrected chi connectivity index (χ4v) is 1.56. The molecule has 4 heteroatoms. The molecular formula is C11H12BrNO2. The first kappa shape index (κ1) is 11.8. The van der Waals surface area contributed by atoms with Gasteiger partial charge in [0.25, 0.3) is 0 Å². The van der Waals surface area contributed by atoms with Crippen LogP contribution in [0.1, 0.15) is 6.92 Å². The Bertz CT molecular complexity index is 388. The smallest absolute Gasteiger partial charge is 0.248 e. The van der Waals surface area contributed by atoms with E-state index in [9.17, 15) is 4.79 Å². The highest BCUT2D eigenvalue weighted by atomic mass is 79.9. The molecule has 0 aromatic heterocycles. The zero-order chi connectivity index (χ0) is 11.3. The van der Waals surface area contributed by atoms with E-state index in [1.54, 1.807) is 26.2 Å². The molecular weight excluding hydrogens is 258 g/mol. The summed E-state index contributed by atoms with van der Waals surface area (Å²) < 4.78 is 5.94. The first-order valence-electron chi connectivity index (χ1n) is 4.44. The third-order valence-corrected chi connectivity index (χ3v) is 2.15. The minimum Gasteiger partial charge on any atom is -0.497 e. The Balaban J connectivity index is 2.85. The van der Waals surface area contributed by atoms with Gasteiger partial charge in [-0.05, 0) is 25.1 Å². The van der Waals surface area contributed by atoms with E-state index >= 15 is 0 Å². The number of carbonyl (C=O) groups is 1. The quantitative estimate of drug-likeness (QED) is 0.857. The third kappa shape index (κ3) is 3.75. The van der Waals surface area contributed by atoms with Gasteiger partial charge in [-0.3, -0.25) is 4.79 Å². The number of ether oxygens (including phenoxy) is 1. The maximum absolute atomic E-state index is 11.3. The molecule has 0 bridgehead atoms. The van der Waals surface area contributed by atoms with Gasteiger partial charge in [0, 0.05) is 16.2 Å². The monoisotopic (exact) mass is 269 g/mol. The molecule has 0 radical (unpaired) electrons. The number of hydrogen-bond donors (Lipinski definition) is 1. The highest BCUT2D eigenvalue weighted by Gasteiger charge is 2.01. The third-order valence-electron chi connectivity index (χ3n) is 1.69. The van der Waals surface area contributed by atoms with E-state index in [0.717, 1.165) is 4.47 Å². The minimum atomic E-state index is -0.155. The topological polar surface area (TPSA) is 38.3 Å². The zero-order valence-corrected chi connectivity index (χ0v) is 10.2. The average Bonchev–Trinajstić information content (AvgIpc) is 2.17. The van der Waals surface area contributed by atoms with Gasteiger partial charge in [0.2, 0.25) is 5.91 Å². The van der Waals surface area contributed by atoms with E-state index in [1.165, 1.54) is 6.08 Å². The summed E-state index contributed by atoms with van der Waals surface area (Å²) in [4.78, 5) is 11.3. The van der Waals surface area contributed by atoms with Crippen molar-refractivity contribution in [1.29, 1.82) is 0 Å². The van der Waals surface area contributed by atoms with Crippen LogP contribution in [0, 0.1) is 0 Å². The SMILES string of the molecule is C/C=C/C(=O)Nc1cc(Br)cc(OC)c1. The van der Waals surface area contributed by atoms with Crippen molar-refractivity contribution in [3.05, 3.63) is 34.8 Å². The summed E-state index contributed by atoms with van der Waals surface area (Å²) in [5.74, 6) is 0.540. The molecule has 0 aliphatic carbocycles. The molecule has 0 saturated heterocycles. The fraction of sp³-hybridized carbons (Fsp3) is 0.182. The number of amides is 1. The summed E-state index contributed by atoms with van der Waals surface area (Å²) in [7, 11) is 1.58. The maximum atomic E-state index is 11.3. The molecule has 80 valence electrons. The number of anilines is 1. The zero-order valence-electron chi connectivity index (χ0n) is 8.58. The minimum absolute atomic E-state index is 0.155. The predicted octanol–water partition coefficient (Wildman–Crippen LogP) is 2.97. The Morgan fingerprint density at radius 1 is 1.47 bits per heavy atom. The van der Waals surface area contributed by atoms with Gasteiger partial charge in [-0.2, -0.15) is 0 Å². The second-order valence-electron chi connectivity index (χ2n) is 2.87. The summed E-state index contributed by atoms with van der Waals surface area (Å²) in [6.07, 6.45) is 3.15. The van der Waals surface area contributed by atoms with Gasteiger partial charge in [-0.15, -0.1) is 0 Å². The summed E-state index contributed by atoms with van der Waals surface area (Å²) in [5, 5.41) is 2.72. The number of halogens is 1. The molecule has 0 fully saturated rings. The molecule has 1 N–H and O–H groups in total. The average molecular weight is 270 g/mol. The van der Waals surface area contributed by atoms with Crippen molar-refractivity contribution in [2.24, 2.45) is 0 Å².